The number of benzene rings is 2. The first-order chi connectivity index (χ1) is 9.69. The third kappa shape index (κ3) is 3.71. The summed E-state index contributed by atoms with van der Waals surface area (Å²) in [5.41, 5.74) is 0.298. The molecular weight excluding hydrogens is 261 g/mol. The molecule has 0 atom stereocenters. The zero-order valence-electron chi connectivity index (χ0n) is 10.9. The molecule has 2 aromatic rings. The van der Waals surface area contributed by atoms with Gasteiger partial charge in [-0.05, 0) is 31.2 Å². The Labute approximate surface area is 116 Å². The van der Waals surface area contributed by atoms with Gasteiger partial charge >= 0.3 is 6.09 Å². The predicted molar refractivity (Wildman–Crippen MR) is 73.7 cm³/mol. The lowest BCUT2D eigenvalue weighted by Crippen LogP contribution is -2.16. The van der Waals surface area contributed by atoms with Crippen molar-refractivity contribution in [3.63, 3.8) is 0 Å². The number of anilines is 1. The second-order valence-electron chi connectivity index (χ2n) is 3.91. The fourth-order valence-electron chi connectivity index (χ4n) is 1.59. The van der Waals surface area contributed by atoms with Crippen LogP contribution in [0.15, 0.2) is 48.5 Å². The molecule has 20 heavy (non-hydrogen) atoms. The number of para-hydroxylation sites is 1. The van der Waals surface area contributed by atoms with Gasteiger partial charge in [-0.1, -0.05) is 18.2 Å². The second kappa shape index (κ2) is 6.56. The molecule has 0 saturated heterocycles. The molecule has 5 heteroatoms. The summed E-state index contributed by atoms with van der Waals surface area (Å²) in [6.07, 6.45) is -0.681. The van der Waals surface area contributed by atoms with Crippen molar-refractivity contribution in [3.8, 4) is 11.5 Å². The Hall–Kier alpha value is -2.56. The SMILES string of the molecule is CCOc1ccc(NC(=O)Oc2ccccc2)cc1F. The zero-order valence-corrected chi connectivity index (χ0v) is 10.9. The van der Waals surface area contributed by atoms with E-state index in [0.29, 0.717) is 18.0 Å². The second-order valence-corrected chi connectivity index (χ2v) is 3.91. The van der Waals surface area contributed by atoms with E-state index in [1.807, 2.05) is 6.07 Å². The molecule has 2 aromatic carbocycles. The number of hydrogen-bond donors (Lipinski definition) is 1. The molecule has 0 unspecified atom stereocenters. The van der Waals surface area contributed by atoms with Crippen molar-refractivity contribution in [2.24, 2.45) is 0 Å². The Kier molecular flexibility index (Phi) is 4.55. The van der Waals surface area contributed by atoms with E-state index >= 15 is 0 Å². The van der Waals surface area contributed by atoms with Gasteiger partial charge in [-0.3, -0.25) is 5.32 Å². The molecule has 0 saturated carbocycles. The Morgan fingerprint density at radius 1 is 1.20 bits per heavy atom. The Balaban J connectivity index is 1.99. The molecular formula is C15H14FNO3. The van der Waals surface area contributed by atoms with Crippen LogP contribution in [0.3, 0.4) is 0 Å². The highest BCUT2D eigenvalue weighted by Gasteiger charge is 2.08. The molecule has 0 aromatic heterocycles. The number of rotatable bonds is 4. The minimum absolute atomic E-state index is 0.148. The van der Waals surface area contributed by atoms with Crippen molar-refractivity contribution in [2.45, 2.75) is 6.92 Å². The maximum Gasteiger partial charge on any atom is 0.417 e. The van der Waals surface area contributed by atoms with Crippen molar-refractivity contribution in [1.29, 1.82) is 0 Å². The molecule has 0 aliphatic heterocycles. The Morgan fingerprint density at radius 3 is 2.60 bits per heavy atom. The van der Waals surface area contributed by atoms with Crippen molar-refractivity contribution >= 4 is 11.8 Å². The van der Waals surface area contributed by atoms with Crippen molar-refractivity contribution < 1.29 is 18.7 Å². The van der Waals surface area contributed by atoms with E-state index in [9.17, 15) is 9.18 Å². The number of carbonyl (C=O) groups excluding carboxylic acids is 1. The average Bonchev–Trinajstić information content (AvgIpc) is 2.43. The standard InChI is InChI=1S/C15H14FNO3/c1-2-19-14-9-8-11(10-13(14)16)17-15(18)20-12-6-4-3-5-7-12/h3-10H,2H2,1H3,(H,17,18). The van der Waals surface area contributed by atoms with Gasteiger partial charge in [0.2, 0.25) is 0 Å². The minimum atomic E-state index is -0.681. The van der Waals surface area contributed by atoms with Crippen LogP contribution in [0.5, 0.6) is 11.5 Å². The molecule has 0 fully saturated rings. The summed E-state index contributed by atoms with van der Waals surface area (Å²) in [4.78, 5) is 11.6. The van der Waals surface area contributed by atoms with Crippen LogP contribution in [0.4, 0.5) is 14.9 Å². The smallest absolute Gasteiger partial charge is 0.417 e. The Bertz CT molecular complexity index is 587. The summed E-state index contributed by atoms with van der Waals surface area (Å²) >= 11 is 0. The van der Waals surface area contributed by atoms with Gasteiger partial charge in [-0.15, -0.1) is 0 Å². The van der Waals surface area contributed by atoms with Crippen LogP contribution >= 0.6 is 0 Å². The lowest BCUT2D eigenvalue weighted by molar-refractivity contribution is 0.215. The number of amides is 1. The van der Waals surface area contributed by atoms with E-state index in [1.54, 1.807) is 37.3 Å². The van der Waals surface area contributed by atoms with Gasteiger partial charge in [0.15, 0.2) is 11.6 Å². The van der Waals surface area contributed by atoms with E-state index in [1.165, 1.54) is 12.1 Å². The first-order valence-electron chi connectivity index (χ1n) is 6.15. The molecule has 0 aliphatic carbocycles. The number of carbonyl (C=O) groups is 1. The van der Waals surface area contributed by atoms with E-state index in [-0.39, 0.29) is 5.75 Å². The number of ether oxygens (including phenoxy) is 2. The average molecular weight is 275 g/mol. The van der Waals surface area contributed by atoms with Crippen molar-refractivity contribution in [3.05, 3.63) is 54.3 Å². The minimum Gasteiger partial charge on any atom is -0.491 e. The van der Waals surface area contributed by atoms with E-state index in [2.05, 4.69) is 5.32 Å². The predicted octanol–water partition coefficient (Wildman–Crippen LogP) is 3.84. The van der Waals surface area contributed by atoms with Gasteiger partial charge in [-0.25, -0.2) is 9.18 Å². The number of hydrogen-bond acceptors (Lipinski definition) is 3. The summed E-state index contributed by atoms with van der Waals surface area (Å²) < 4.78 is 23.7. The van der Waals surface area contributed by atoms with Gasteiger partial charge < -0.3 is 9.47 Å². The molecule has 0 radical (unpaired) electrons. The molecule has 0 spiro atoms. The fourth-order valence-corrected chi connectivity index (χ4v) is 1.59. The summed E-state index contributed by atoms with van der Waals surface area (Å²) in [5, 5.41) is 2.44. The molecule has 0 bridgehead atoms. The largest absolute Gasteiger partial charge is 0.491 e. The molecule has 0 heterocycles. The summed E-state index contributed by atoms with van der Waals surface area (Å²) in [5.74, 6) is 0.0234. The third-order valence-electron chi connectivity index (χ3n) is 2.43. The highest BCUT2D eigenvalue weighted by atomic mass is 19.1. The molecule has 1 amide bonds. The van der Waals surface area contributed by atoms with Crippen molar-refractivity contribution in [2.75, 3.05) is 11.9 Å². The maximum absolute atomic E-state index is 13.6. The van der Waals surface area contributed by atoms with Crippen molar-refractivity contribution in [1.82, 2.24) is 0 Å². The molecule has 2 rings (SSSR count). The van der Waals surface area contributed by atoms with Gasteiger partial charge in [0.05, 0.1) is 6.61 Å². The molecule has 1 N–H and O–H groups in total. The lowest BCUT2D eigenvalue weighted by atomic mass is 10.3. The summed E-state index contributed by atoms with van der Waals surface area (Å²) in [6.45, 7) is 2.14. The zero-order chi connectivity index (χ0) is 14.4. The molecule has 104 valence electrons. The van der Waals surface area contributed by atoms with Crippen LogP contribution in [-0.4, -0.2) is 12.7 Å². The van der Waals surface area contributed by atoms with Crippen LogP contribution in [0.2, 0.25) is 0 Å². The summed E-state index contributed by atoms with van der Waals surface area (Å²) in [6, 6.07) is 12.8. The van der Waals surface area contributed by atoms with Crippen LogP contribution in [-0.2, 0) is 0 Å². The van der Waals surface area contributed by atoms with E-state index < -0.39 is 11.9 Å². The van der Waals surface area contributed by atoms with Gasteiger partial charge in [0.1, 0.15) is 5.75 Å². The van der Waals surface area contributed by atoms with Gasteiger partial charge in [0, 0.05) is 11.8 Å². The van der Waals surface area contributed by atoms with Crippen LogP contribution < -0.4 is 14.8 Å². The van der Waals surface area contributed by atoms with Crippen LogP contribution in [0.1, 0.15) is 6.92 Å². The first kappa shape index (κ1) is 13.9. The highest BCUT2D eigenvalue weighted by molar-refractivity contribution is 5.86. The third-order valence-corrected chi connectivity index (χ3v) is 2.43. The van der Waals surface area contributed by atoms with E-state index in [4.69, 9.17) is 9.47 Å². The molecule has 0 aliphatic rings. The normalized spacial score (nSPS) is 9.90. The first-order valence-corrected chi connectivity index (χ1v) is 6.15. The van der Waals surface area contributed by atoms with Gasteiger partial charge in [0.25, 0.3) is 0 Å². The lowest BCUT2D eigenvalue weighted by Gasteiger charge is -2.08. The van der Waals surface area contributed by atoms with Crippen LogP contribution in [0, 0.1) is 5.82 Å². The maximum atomic E-state index is 13.6. The van der Waals surface area contributed by atoms with E-state index in [0.717, 1.165) is 0 Å². The van der Waals surface area contributed by atoms with Gasteiger partial charge in [-0.2, -0.15) is 0 Å². The quantitative estimate of drug-likeness (QED) is 0.922. The number of nitrogens with one attached hydrogen (secondary N) is 1. The number of halogens is 1. The monoisotopic (exact) mass is 275 g/mol. The highest BCUT2D eigenvalue weighted by Crippen LogP contribution is 2.21. The van der Waals surface area contributed by atoms with Crippen LogP contribution in [0.25, 0.3) is 0 Å². The molecule has 4 nitrogen and oxygen atoms in total. The summed E-state index contributed by atoms with van der Waals surface area (Å²) in [7, 11) is 0. The Morgan fingerprint density at radius 2 is 1.95 bits per heavy atom. The topological polar surface area (TPSA) is 47.6 Å². The fraction of sp³-hybridized carbons (Fsp3) is 0.133.